The van der Waals surface area contributed by atoms with Gasteiger partial charge in [-0.05, 0) is 44.5 Å². The molecule has 0 bridgehead atoms. The summed E-state index contributed by atoms with van der Waals surface area (Å²) in [5, 5.41) is 36.0. The van der Waals surface area contributed by atoms with Crippen molar-refractivity contribution in [1.29, 1.82) is 0 Å². The summed E-state index contributed by atoms with van der Waals surface area (Å²) in [6.45, 7) is 3.96. The first-order valence-corrected chi connectivity index (χ1v) is 15.3. The number of rotatable bonds is 12. The van der Waals surface area contributed by atoms with Crippen LogP contribution in [0.25, 0.3) is 0 Å². The largest absolute Gasteiger partial charge is 0.504 e. The average Bonchev–Trinajstić information content (AvgIpc) is 3.41. The number of nitrogens with one attached hydrogen (secondary N) is 1. The Morgan fingerprint density at radius 2 is 1.74 bits per heavy atom. The van der Waals surface area contributed by atoms with E-state index in [-0.39, 0.29) is 29.2 Å². The van der Waals surface area contributed by atoms with Crippen molar-refractivity contribution in [3.8, 4) is 11.5 Å². The molecule has 1 heterocycles. The number of benzene rings is 2. The van der Waals surface area contributed by atoms with E-state index in [1.807, 2.05) is 6.92 Å². The maximum absolute atomic E-state index is 14.0. The number of likely N-dealkylation sites (N-methyl/N-ethyl adjacent to an activating group) is 1. The molecule has 13 heteroatoms. The molecule has 13 nitrogen and oxygen atoms in total. The molecule has 250 valence electrons. The van der Waals surface area contributed by atoms with Crippen LogP contribution in [-0.4, -0.2) is 75.9 Å². The fourth-order valence-corrected chi connectivity index (χ4v) is 7.34. The summed E-state index contributed by atoms with van der Waals surface area (Å²) in [6.07, 6.45) is -3.08. The van der Waals surface area contributed by atoms with Crippen LogP contribution in [0.1, 0.15) is 62.8 Å². The molecule has 7 atom stereocenters. The zero-order valence-electron chi connectivity index (χ0n) is 26.3. The maximum Gasteiger partial charge on any atom is 0.357 e. The van der Waals surface area contributed by atoms with E-state index in [9.17, 15) is 39.3 Å². The topological polar surface area (TPSA) is 195 Å². The molecular formula is C34H37NO12. The molecule has 2 aromatic rings. The van der Waals surface area contributed by atoms with Crippen LogP contribution in [0.4, 0.5) is 0 Å². The molecule has 3 aliphatic rings. The lowest BCUT2D eigenvalue weighted by atomic mass is 9.52. The van der Waals surface area contributed by atoms with Gasteiger partial charge in [-0.1, -0.05) is 43.3 Å². The van der Waals surface area contributed by atoms with Gasteiger partial charge in [0.05, 0.1) is 11.0 Å². The number of phenols is 1. The standard InChI is InChI=1S/C34H37NO12/c1-5-33-25-20-11-12-22(38)28(25)46-29(33)23(13-14-34(33,43)24(16-20)35-4)45-32(42)26(19-9-7-6-8-10-19)47-31(41)21(15-17(2)36)27(30(39)40)44-18(3)37/h6-13,21,24,26-27,29,35,38,43H,5,14-16H2,1-4H3,(H,39,40)/t21-,24-,26+,27-,29+,33+,34-/m1/s1. The van der Waals surface area contributed by atoms with Crippen molar-refractivity contribution in [3.63, 3.8) is 0 Å². The highest BCUT2D eigenvalue weighted by Crippen LogP contribution is 2.63. The van der Waals surface area contributed by atoms with E-state index in [0.29, 0.717) is 18.4 Å². The van der Waals surface area contributed by atoms with Crippen molar-refractivity contribution in [3.05, 3.63) is 71.0 Å². The van der Waals surface area contributed by atoms with Gasteiger partial charge in [-0.15, -0.1) is 0 Å². The van der Waals surface area contributed by atoms with E-state index in [1.165, 1.54) is 18.2 Å². The summed E-state index contributed by atoms with van der Waals surface area (Å²) in [6, 6.07) is 10.7. The molecule has 0 amide bonds. The van der Waals surface area contributed by atoms with Crippen LogP contribution in [0, 0.1) is 5.92 Å². The predicted octanol–water partition coefficient (Wildman–Crippen LogP) is 2.40. The van der Waals surface area contributed by atoms with Gasteiger partial charge in [-0.25, -0.2) is 9.59 Å². The molecule has 0 saturated heterocycles. The second-order valence-corrected chi connectivity index (χ2v) is 12.1. The summed E-state index contributed by atoms with van der Waals surface area (Å²) in [4.78, 5) is 63.1. The van der Waals surface area contributed by atoms with E-state index in [0.717, 1.165) is 19.4 Å². The molecule has 0 fully saturated rings. The number of aliphatic carboxylic acids is 1. The molecule has 5 rings (SSSR count). The van der Waals surface area contributed by atoms with Gasteiger partial charge in [0.1, 0.15) is 17.5 Å². The van der Waals surface area contributed by atoms with Crippen molar-refractivity contribution in [2.24, 2.45) is 5.92 Å². The number of hydrogen-bond acceptors (Lipinski definition) is 12. The normalized spacial score (nSPS) is 25.6. The molecule has 47 heavy (non-hydrogen) atoms. The molecular weight excluding hydrogens is 614 g/mol. The number of aromatic hydroxyl groups is 1. The number of carboxylic acid groups (broad SMARTS) is 1. The monoisotopic (exact) mass is 651 g/mol. The van der Waals surface area contributed by atoms with Gasteiger partial charge in [0.2, 0.25) is 12.2 Å². The minimum Gasteiger partial charge on any atom is -0.504 e. The fraction of sp³-hybridized carbons (Fsp3) is 0.441. The Balaban J connectivity index is 1.51. The molecule has 4 N–H and O–H groups in total. The summed E-state index contributed by atoms with van der Waals surface area (Å²) >= 11 is 0. The third-order valence-corrected chi connectivity index (χ3v) is 9.39. The summed E-state index contributed by atoms with van der Waals surface area (Å²) in [7, 11) is 1.75. The number of phenolic OH excluding ortho intramolecular Hbond substituents is 1. The van der Waals surface area contributed by atoms with Crippen molar-refractivity contribution in [1.82, 2.24) is 5.32 Å². The molecule has 0 saturated carbocycles. The van der Waals surface area contributed by atoms with Gasteiger partial charge in [0, 0.05) is 36.9 Å². The summed E-state index contributed by atoms with van der Waals surface area (Å²) in [5.74, 6) is -7.29. The summed E-state index contributed by atoms with van der Waals surface area (Å²) in [5.41, 5.74) is -0.835. The molecule has 0 aromatic heterocycles. The predicted molar refractivity (Wildman–Crippen MR) is 162 cm³/mol. The number of Topliss-reactive ketones (excluding diaryl/α,β-unsaturated/α-hetero) is 1. The van der Waals surface area contributed by atoms with Crippen LogP contribution in [0.15, 0.2) is 54.3 Å². The van der Waals surface area contributed by atoms with Crippen molar-refractivity contribution >= 4 is 29.7 Å². The Bertz CT molecular complexity index is 1640. The average molecular weight is 652 g/mol. The molecule has 0 radical (unpaired) electrons. The second-order valence-electron chi connectivity index (χ2n) is 12.1. The van der Waals surface area contributed by atoms with Gasteiger partial charge < -0.3 is 39.6 Å². The first kappa shape index (κ1) is 33.6. The lowest BCUT2D eigenvalue weighted by molar-refractivity contribution is -0.181. The molecule has 0 unspecified atom stereocenters. The number of carbonyl (C=O) groups excluding carboxylic acids is 4. The van der Waals surface area contributed by atoms with Crippen LogP contribution in [0.2, 0.25) is 0 Å². The highest BCUT2D eigenvalue weighted by Gasteiger charge is 2.69. The highest BCUT2D eigenvalue weighted by molar-refractivity contribution is 5.90. The lowest BCUT2D eigenvalue weighted by Crippen LogP contribution is -2.70. The zero-order chi connectivity index (χ0) is 34.3. The van der Waals surface area contributed by atoms with E-state index in [1.54, 1.807) is 37.4 Å². The third kappa shape index (κ3) is 5.63. The van der Waals surface area contributed by atoms with Crippen LogP contribution in [0.3, 0.4) is 0 Å². The smallest absolute Gasteiger partial charge is 0.357 e. The first-order chi connectivity index (χ1) is 22.3. The van der Waals surface area contributed by atoms with Gasteiger partial charge >= 0.3 is 23.9 Å². The Kier molecular flexibility index (Phi) is 9.15. The van der Waals surface area contributed by atoms with E-state index < -0.39 is 77.4 Å². The number of hydrogen-bond donors (Lipinski definition) is 4. The SMILES string of the molecule is CC[C@]12c3c4ccc(O)c3O[C@H]1C(OC(=O)[C@@H](OC(=O)[C@H](CC(C)=O)[C@@H](OC(C)=O)C(=O)O)c1ccccc1)=CC[C@@]2(O)[C@H](NC)C4. The van der Waals surface area contributed by atoms with E-state index in [2.05, 4.69) is 5.32 Å². The Morgan fingerprint density at radius 3 is 2.34 bits per heavy atom. The van der Waals surface area contributed by atoms with Crippen molar-refractivity contribution in [2.75, 3.05) is 7.05 Å². The number of carbonyl (C=O) groups is 5. The Morgan fingerprint density at radius 1 is 1.04 bits per heavy atom. The highest BCUT2D eigenvalue weighted by atomic mass is 16.6. The number of ether oxygens (including phenoxy) is 4. The van der Waals surface area contributed by atoms with E-state index in [4.69, 9.17) is 18.9 Å². The Hall–Kier alpha value is -4.75. The Labute approximate surface area is 270 Å². The third-order valence-electron chi connectivity index (χ3n) is 9.39. The maximum atomic E-state index is 14.0. The minimum absolute atomic E-state index is 0.0282. The summed E-state index contributed by atoms with van der Waals surface area (Å²) < 4.78 is 22.6. The molecule has 1 aliphatic heterocycles. The first-order valence-electron chi connectivity index (χ1n) is 15.3. The number of esters is 3. The molecule has 2 aromatic carbocycles. The van der Waals surface area contributed by atoms with Crippen molar-refractivity contribution in [2.45, 2.75) is 81.8 Å². The number of aliphatic hydroxyl groups is 1. The van der Waals surface area contributed by atoms with Gasteiger partial charge in [0.25, 0.3) is 0 Å². The van der Waals surface area contributed by atoms with Crippen LogP contribution in [0.5, 0.6) is 11.5 Å². The zero-order valence-corrected chi connectivity index (χ0v) is 26.3. The fourth-order valence-electron chi connectivity index (χ4n) is 7.34. The van der Waals surface area contributed by atoms with E-state index >= 15 is 0 Å². The quantitative estimate of drug-likeness (QED) is 0.193. The van der Waals surface area contributed by atoms with Crippen LogP contribution >= 0.6 is 0 Å². The number of ketones is 1. The van der Waals surface area contributed by atoms with Crippen LogP contribution in [-0.2, 0) is 50.0 Å². The van der Waals surface area contributed by atoms with Gasteiger partial charge in [-0.2, -0.15) is 0 Å². The van der Waals surface area contributed by atoms with Crippen LogP contribution < -0.4 is 10.1 Å². The van der Waals surface area contributed by atoms with Gasteiger partial charge in [-0.3, -0.25) is 14.4 Å². The van der Waals surface area contributed by atoms with Gasteiger partial charge in [0.15, 0.2) is 17.6 Å². The minimum atomic E-state index is -2.06. The molecule has 2 aliphatic carbocycles. The lowest BCUT2D eigenvalue weighted by Gasteiger charge is -2.56. The number of carboxylic acids is 1. The van der Waals surface area contributed by atoms with Crippen molar-refractivity contribution < 1.29 is 58.2 Å². The second kappa shape index (κ2) is 12.8. The molecule has 0 spiro atoms.